The fraction of sp³-hybridized carbons (Fsp3) is 0.107. The van der Waals surface area contributed by atoms with Crippen LogP contribution in [0.5, 0.6) is 0 Å². The number of hydrogen-bond acceptors (Lipinski definition) is 3. The first-order valence-corrected chi connectivity index (χ1v) is 10.8. The van der Waals surface area contributed by atoms with Gasteiger partial charge in [0.2, 0.25) is 0 Å². The molecule has 1 aliphatic rings. The number of aryl methyl sites for hydroxylation is 2. The zero-order valence-corrected chi connectivity index (χ0v) is 18.2. The summed E-state index contributed by atoms with van der Waals surface area (Å²) in [5.41, 5.74) is 5.07. The lowest BCUT2D eigenvalue weighted by Gasteiger charge is -2.28. The lowest BCUT2D eigenvalue weighted by molar-refractivity contribution is -0.112. The van der Waals surface area contributed by atoms with Gasteiger partial charge in [0.05, 0.1) is 18.2 Å². The van der Waals surface area contributed by atoms with Gasteiger partial charge in [-0.25, -0.2) is 4.90 Å². The van der Waals surface area contributed by atoms with Crippen LogP contribution in [0.1, 0.15) is 33.5 Å². The lowest BCUT2D eigenvalue weighted by atomic mass is 9.91. The minimum absolute atomic E-state index is 0.326. The van der Waals surface area contributed by atoms with Gasteiger partial charge in [-0.1, -0.05) is 54.1 Å². The van der Waals surface area contributed by atoms with Crippen LogP contribution in [0.15, 0.2) is 79.0 Å². The molecule has 0 bridgehead atoms. The van der Waals surface area contributed by atoms with Crippen LogP contribution in [0, 0.1) is 18.3 Å². The van der Waals surface area contributed by atoms with Crippen molar-refractivity contribution in [1.29, 1.82) is 5.26 Å². The minimum Gasteiger partial charge on any atom is -0.346 e. The van der Waals surface area contributed by atoms with Crippen molar-refractivity contribution in [2.24, 2.45) is 0 Å². The number of carbonyl (C=O) groups excluding carboxylic acids is 2. The van der Waals surface area contributed by atoms with E-state index in [2.05, 4.69) is 6.07 Å². The first kappa shape index (κ1) is 20.5. The monoisotopic (exact) mass is 431 g/mol. The van der Waals surface area contributed by atoms with Crippen molar-refractivity contribution in [1.82, 2.24) is 4.57 Å². The average Bonchev–Trinajstić information content (AvgIpc) is 3.19. The first-order valence-electron chi connectivity index (χ1n) is 10.8. The molecule has 5 heteroatoms. The summed E-state index contributed by atoms with van der Waals surface area (Å²) in [5.74, 6) is -0.676. The van der Waals surface area contributed by atoms with Crippen LogP contribution in [0.25, 0.3) is 22.6 Å². The molecule has 5 rings (SSSR count). The molecule has 1 aliphatic heterocycles. The third-order valence-electron chi connectivity index (χ3n) is 5.96. The maximum atomic E-state index is 13.7. The van der Waals surface area contributed by atoms with Crippen LogP contribution in [0.2, 0.25) is 0 Å². The van der Waals surface area contributed by atoms with Crippen molar-refractivity contribution in [3.05, 3.63) is 101 Å². The molecule has 0 N–H and O–H groups in total. The highest BCUT2D eigenvalue weighted by atomic mass is 16.2. The predicted octanol–water partition coefficient (Wildman–Crippen LogP) is 5.59. The summed E-state index contributed by atoms with van der Waals surface area (Å²) in [6.45, 7) is 2.53. The van der Waals surface area contributed by atoms with E-state index in [9.17, 15) is 9.59 Å². The van der Waals surface area contributed by atoms with Gasteiger partial charge in [-0.2, -0.15) is 5.26 Å². The van der Waals surface area contributed by atoms with Crippen LogP contribution in [0.3, 0.4) is 0 Å². The van der Waals surface area contributed by atoms with Gasteiger partial charge in [-0.3, -0.25) is 9.59 Å². The highest BCUT2D eigenvalue weighted by Gasteiger charge is 2.35. The number of rotatable bonds is 4. The number of hydrogen-bond donors (Lipinski definition) is 0. The van der Waals surface area contributed by atoms with E-state index in [0.29, 0.717) is 35.4 Å². The van der Waals surface area contributed by atoms with Gasteiger partial charge < -0.3 is 4.57 Å². The Bertz CT molecular complexity index is 1470. The molecule has 0 saturated heterocycles. The summed E-state index contributed by atoms with van der Waals surface area (Å²) in [6, 6.07) is 24.7. The first-order chi connectivity index (χ1) is 16.1. The average molecular weight is 431 g/mol. The van der Waals surface area contributed by atoms with E-state index in [4.69, 9.17) is 5.26 Å². The Morgan fingerprint density at radius 2 is 1.58 bits per heavy atom. The molecule has 0 fully saturated rings. The molecule has 0 saturated carbocycles. The molecular weight excluding hydrogens is 410 g/mol. The molecule has 0 spiro atoms. The van der Waals surface area contributed by atoms with E-state index in [1.54, 1.807) is 18.2 Å². The van der Waals surface area contributed by atoms with Gasteiger partial charge in [-0.05, 0) is 42.8 Å². The molecule has 160 valence electrons. The van der Waals surface area contributed by atoms with Crippen LogP contribution in [0.4, 0.5) is 5.69 Å². The molecule has 5 nitrogen and oxygen atoms in total. The predicted molar refractivity (Wildman–Crippen MR) is 129 cm³/mol. The second-order valence-corrected chi connectivity index (χ2v) is 8.09. The Hall–Kier alpha value is -4.43. The topological polar surface area (TPSA) is 66.1 Å². The zero-order chi connectivity index (χ0) is 22.9. The van der Waals surface area contributed by atoms with E-state index >= 15 is 0 Å². The zero-order valence-electron chi connectivity index (χ0n) is 18.2. The Morgan fingerprint density at radius 1 is 0.879 bits per heavy atom. The van der Waals surface area contributed by atoms with Crippen molar-refractivity contribution in [2.45, 2.75) is 19.9 Å². The fourth-order valence-corrected chi connectivity index (χ4v) is 4.32. The number of nitrogens with zero attached hydrogens (tertiary/aromatic N) is 3. The number of amides is 2. The maximum absolute atomic E-state index is 13.7. The molecule has 2 amide bonds. The van der Waals surface area contributed by atoms with Gasteiger partial charge in [0.1, 0.15) is 0 Å². The number of carbonyl (C=O) groups is 2. The molecule has 0 radical (unpaired) electrons. The number of nitriles is 1. The standard InChI is InChI=1S/C28H21N3O2/c1-19-11-13-21(14-12-19)31-27(32)24-9-3-2-8-23(24)25(28(31)33)17-20-18-30(16-6-15-29)26-10-5-4-7-22(20)26/h2-5,7-14,17-18H,6,16H2,1H3/b25-17-. The molecule has 33 heavy (non-hydrogen) atoms. The number of aromatic nitrogens is 1. The third kappa shape index (κ3) is 3.52. The third-order valence-corrected chi connectivity index (χ3v) is 5.96. The summed E-state index contributed by atoms with van der Waals surface area (Å²) >= 11 is 0. The highest BCUT2D eigenvalue weighted by molar-refractivity contribution is 6.43. The Morgan fingerprint density at radius 3 is 2.33 bits per heavy atom. The Labute approximate surface area is 191 Å². The van der Waals surface area contributed by atoms with Crippen molar-refractivity contribution in [3.63, 3.8) is 0 Å². The number of para-hydroxylation sites is 1. The summed E-state index contributed by atoms with van der Waals surface area (Å²) in [6.07, 6.45) is 4.23. The number of anilines is 1. The minimum atomic E-state index is -0.351. The van der Waals surface area contributed by atoms with E-state index in [1.165, 1.54) is 4.90 Å². The number of fused-ring (bicyclic) bond motifs is 2. The second-order valence-electron chi connectivity index (χ2n) is 8.09. The summed E-state index contributed by atoms with van der Waals surface area (Å²) in [5, 5.41) is 10.0. The van der Waals surface area contributed by atoms with Crippen molar-refractivity contribution in [2.75, 3.05) is 4.90 Å². The van der Waals surface area contributed by atoms with Crippen LogP contribution >= 0.6 is 0 Å². The summed E-state index contributed by atoms with van der Waals surface area (Å²) < 4.78 is 2.03. The Balaban J connectivity index is 1.69. The molecule has 2 heterocycles. The largest absolute Gasteiger partial charge is 0.346 e. The fourth-order valence-electron chi connectivity index (χ4n) is 4.32. The van der Waals surface area contributed by atoms with Gasteiger partial charge in [0.25, 0.3) is 11.8 Å². The van der Waals surface area contributed by atoms with E-state index in [1.807, 2.05) is 78.4 Å². The SMILES string of the molecule is Cc1ccc(N2C(=O)/C(=C\c3cn(CCC#N)c4ccccc34)c3ccccc3C2=O)cc1. The van der Waals surface area contributed by atoms with Crippen LogP contribution in [-0.4, -0.2) is 16.4 Å². The molecule has 4 aromatic rings. The van der Waals surface area contributed by atoms with Crippen molar-refractivity contribution >= 4 is 40.1 Å². The van der Waals surface area contributed by atoms with E-state index in [-0.39, 0.29) is 11.8 Å². The number of imide groups is 1. The quantitative estimate of drug-likeness (QED) is 0.312. The van der Waals surface area contributed by atoms with Gasteiger partial charge in [0.15, 0.2) is 0 Å². The van der Waals surface area contributed by atoms with Gasteiger partial charge >= 0.3 is 0 Å². The van der Waals surface area contributed by atoms with Crippen LogP contribution in [-0.2, 0) is 11.3 Å². The lowest BCUT2D eigenvalue weighted by Crippen LogP contribution is -2.41. The molecule has 3 aromatic carbocycles. The molecule has 0 aliphatic carbocycles. The summed E-state index contributed by atoms with van der Waals surface area (Å²) in [4.78, 5) is 28.2. The second kappa shape index (κ2) is 8.25. The summed E-state index contributed by atoms with van der Waals surface area (Å²) in [7, 11) is 0. The van der Waals surface area contributed by atoms with E-state index in [0.717, 1.165) is 22.0 Å². The molecule has 1 aromatic heterocycles. The maximum Gasteiger partial charge on any atom is 0.265 e. The molecular formula is C28H21N3O2. The molecule has 0 unspecified atom stereocenters. The molecule has 0 atom stereocenters. The van der Waals surface area contributed by atoms with Crippen molar-refractivity contribution < 1.29 is 9.59 Å². The number of benzene rings is 3. The van der Waals surface area contributed by atoms with Crippen LogP contribution < -0.4 is 4.90 Å². The van der Waals surface area contributed by atoms with Crippen molar-refractivity contribution in [3.8, 4) is 6.07 Å². The van der Waals surface area contributed by atoms with Gasteiger partial charge in [-0.15, -0.1) is 0 Å². The smallest absolute Gasteiger partial charge is 0.265 e. The Kier molecular flexibility index (Phi) is 5.12. The highest BCUT2D eigenvalue weighted by Crippen LogP contribution is 2.35. The van der Waals surface area contributed by atoms with E-state index < -0.39 is 0 Å². The normalized spacial score (nSPS) is 14.5. The van der Waals surface area contributed by atoms with Gasteiger partial charge in [0, 0.05) is 40.3 Å².